The highest BCUT2D eigenvalue weighted by molar-refractivity contribution is 6.02. The zero-order chi connectivity index (χ0) is 30.1. The fourth-order valence-electron chi connectivity index (χ4n) is 5.65. The number of ketones is 1. The van der Waals surface area contributed by atoms with E-state index in [4.69, 9.17) is 0 Å². The summed E-state index contributed by atoms with van der Waals surface area (Å²) in [5, 5.41) is 8.96. The molecule has 2 aromatic carbocycles. The van der Waals surface area contributed by atoms with Crippen molar-refractivity contribution in [2.75, 3.05) is 45.8 Å². The molecule has 8 nitrogen and oxygen atoms in total. The number of nitrogens with zero attached hydrogens (tertiary/aromatic N) is 2. The first kappa shape index (κ1) is 35.6. The zero-order valence-electron chi connectivity index (χ0n) is 23.2. The van der Waals surface area contributed by atoms with Crippen LogP contribution < -0.4 is 16.1 Å². The normalized spacial score (nSPS) is 20.0. The first-order chi connectivity index (χ1) is 19.9. The Labute approximate surface area is 261 Å². The number of amides is 1. The van der Waals surface area contributed by atoms with E-state index in [2.05, 4.69) is 21.0 Å². The second-order valence-electron chi connectivity index (χ2n) is 10.4. The van der Waals surface area contributed by atoms with Crippen LogP contribution in [-0.4, -0.2) is 84.5 Å². The maximum atomic E-state index is 14.1. The van der Waals surface area contributed by atoms with Gasteiger partial charge in [0.2, 0.25) is 5.91 Å². The van der Waals surface area contributed by atoms with Crippen molar-refractivity contribution in [3.8, 4) is 0 Å². The number of nitrogens with one attached hydrogen (secondary N) is 4. The van der Waals surface area contributed by atoms with Crippen LogP contribution in [0, 0.1) is 0 Å². The molecule has 0 bridgehead atoms. The number of fused-ring (bicyclic) bond motifs is 1. The number of alkyl halides is 6. The molecule has 0 spiro atoms. The zero-order valence-corrected chi connectivity index (χ0v) is 24.9. The van der Waals surface area contributed by atoms with E-state index in [9.17, 15) is 35.9 Å². The Bertz CT molecular complexity index is 1440. The van der Waals surface area contributed by atoms with Crippen molar-refractivity contribution in [2.24, 2.45) is 0 Å². The summed E-state index contributed by atoms with van der Waals surface area (Å²) in [4.78, 5) is 31.6. The molecule has 2 saturated heterocycles. The third-order valence-corrected chi connectivity index (χ3v) is 7.63. The van der Waals surface area contributed by atoms with Crippen molar-refractivity contribution in [2.45, 2.75) is 30.9 Å². The molecule has 16 heteroatoms. The Kier molecular flexibility index (Phi) is 11.7. The van der Waals surface area contributed by atoms with E-state index >= 15 is 0 Å². The van der Waals surface area contributed by atoms with Gasteiger partial charge in [0.25, 0.3) is 0 Å². The number of hydrogen-bond acceptors (Lipinski definition) is 6. The van der Waals surface area contributed by atoms with Gasteiger partial charge in [-0.25, -0.2) is 5.01 Å². The molecule has 2 fully saturated rings. The number of Topliss-reactive ketones (excluding diaryl/α,β-unsaturated/α-hetero) is 1. The molecule has 2 atom stereocenters. The van der Waals surface area contributed by atoms with Crippen LogP contribution in [0.15, 0.2) is 48.7 Å². The van der Waals surface area contributed by atoms with Gasteiger partial charge in [0, 0.05) is 68.0 Å². The van der Waals surface area contributed by atoms with Crippen molar-refractivity contribution in [3.63, 3.8) is 0 Å². The standard InChI is InChI=1S/C28H30F6N6O2.2ClH/c29-27(30,31)18-5-6-20(21(14-18)28(32,33)34)26(42)25-23(13-17-15-37-22-4-2-1-3-19(17)22)36-9-10-39(25)16-24(41)38-40-11-7-35-8-12-40;;/h1-6,14-15,23,25,35-37H,7-13,16H2,(H,38,41);2*1H. The van der Waals surface area contributed by atoms with Crippen LogP contribution in [0.2, 0.25) is 0 Å². The molecule has 2 aliphatic rings. The molecule has 1 amide bonds. The number of carbonyl (C=O) groups is 2. The number of carbonyl (C=O) groups excluding carboxylic acids is 2. The molecule has 3 aromatic rings. The van der Waals surface area contributed by atoms with Crippen molar-refractivity contribution in [1.82, 2.24) is 31.0 Å². The molecule has 2 unspecified atom stereocenters. The largest absolute Gasteiger partial charge is 0.417 e. The minimum Gasteiger partial charge on any atom is -0.361 e. The van der Waals surface area contributed by atoms with E-state index in [-0.39, 0.29) is 50.4 Å². The van der Waals surface area contributed by atoms with Crippen molar-refractivity contribution in [3.05, 3.63) is 70.9 Å². The van der Waals surface area contributed by atoms with Crippen LogP contribution in [0.25, 0.3) is 10.9 Å². The van der Waals surface area contributed by atoms with E-state index in [1.165, 1.54) is 4.90 Å². The van der Waals surface area contributed by atoms with Gasteiger partial charge in [-0.3, -0.25) is 19.9 Å². The van der Waals surface area contributed by atoms with Gasteiger partial charge in [-0.1, -0.05) is 24.3 Å². The molecule has 0 aliphatic carbocycles. The molecular formula is C28H32Cl2F6N6O2. The lowest BCUT2D eigenvalue weighted by molar-refractivity contribution is -0.143. The van der Waals surface area contributed by atoms with Crippen LogP contribution in [0.3, 0.4) is 0 Å². The van der Waals surface area contributed by atoms with E-state index in [0.29, 0.717) is 44.9 Å². The number of rotatable bonds is 7. The minimum absolute atomic E-state index is 0. The second-order valence-corrected chi connectivity index (χ2v) is 10.4. The minimum atomic E-state index is -5.22. The van der Waals surface area contributed by atoms with Crippen LogP contribution >= 0.6 is 24.8 Å². The second kappa shape index (κ2) is 14.5. The summed E-state index contributed by atoms with van der Waals surface area (Å²) in [5.74, 6) is -1.45. The van der Waals surface area contributed by atoms with Gasteiger partial charge >= 0.3 is 12.4 Å². The lowest BCUT2D eigenvalue weighted by Crippen LogP contribution is -2.64. The predicted octanol–water partition coefficient (Wildman–Crippen LogP) is 4.05. The summed E-state index contributed by atoms with van der Waals surface area (Å²) in [7, 11) is 0. The molecule has 2 aliphatic heterocycles. The first-order valence-corrected chi connectivity index (χ1v) is 13.5. The van der Waals surface area contributed by atoms with E-state index in [0.717, 1.165) is 16.5 Å². The van der Waals surface area contributed by atoms with Gasteiger partial charge in [-0.05, 0) is 30.2 Å². The Hall–Kier alpha value is -2.88. The molecule has 0 radical (unpaired) electrons. The molecule has 0 saturated carbocycles. The highest BCUT2D eigenvalue weighted by Crippen LogP contribution is 2.38. The number of benzene rings is 2. The van der Waals surface area contributed by atoms with Gasteiger partial charge < -0.3 is 15.6 Å². The molecule has 44 heavy (non-hydrogen) atoms. The third-order valence-electron chi connectivity index (χ3n) is 7.63. The van der Waals surface area contributed by atoms with Crippen LogP contribution in [0.5, 0.6) is 0 Å². The summed E-state index contributed by atoms with van der Waals surface area (Å²) in [6.45, 7) is 2.66. The molecule has 4 N–H and O–H groups in total. The predicted molar refractivity (Wildman–Crippen MR) is 157 cm³/mol. The lowest BCUT2D eigenvalue weighted by Gasteiger charge is -2.41. The fourth-order valence-corrected chi connectivity index (χ4v) is 5.65. The van der Waals surface area contributed by atoms with Crippen molar-refractivity contribution >= 4 is 47.4 Å². The van der Waals surface area contributed by atoms with Crippen LogP contribution in [-0.2, 0) is 23.6 Å². The fraction of sp³-hybridized carbons (Fsp3) is 0.429. The number of halogens is 8. The molecular weight excluding hydrogens is 637 g/mol. The summed E-state index contributed by atoms with van der Waals surface area (Å²) in [6, 6.07) is 6.45. The number of para-hydroxylation sites is 1. The summed E-state index contributed by atoms with van der Waals surface area (Å²) in [6.07, 6.45) is -8.27. The van der Waals surface area contributed by atoms with Gasteiger partial charge in [-0.2, -0.15) is 26.3 Å². The van der Waals surface area contributed by atoms with Crippen LogP contribution in [0.1, 0.15) is 27.0 Å². The molecule has 5 rings (SSSR count). The Morgan fingerprint density at radius 3 is 2.30 bits per heavy atom. The van der Waals surface area contributed by atoms with Gasteiger partial charge in [-0.15, -0.1) is 24.8 Å². The van der Waals surface area contributed by atoms with Gasteiger partial charge in [0.1, 0.15) is 0 Å². The SMILES string of the molecule is Cl.Cl.O=C(CN1CCNC(Cc2c[nH]c3ccccc23)C1C(=O)c1ccc(C(F)(F)F)cc1C(F)(F)F)NN1CCNCC1. The number of hydrazine groups is 1. The number of H-pyrrole nitrogens is 1. The summed E-state index contributed by atoms with van der Waals surface area (Å²) < 4.78 is 82.1. The topological polar surface area (TPSA) is 92.5 Å². The van der Waals surface area contributed by atoms with E-state index in [1.807, 2.05) is 24.3 Å². The Balaban J connectivity index is 0.00000264. The van der Waals surface area contributed by atoms with Gasteiger partial charge in [0.05, 0.1) is 23.7 Å². The maximum absolute atomic E-state index is 14.1. The number of aromatic amines is 1. The monoisotopic (exact) mass is 668 g/mol. The number of piperazine rings is 2. The first-order valence-electron chi connectivity index (χ1n) is 13.5. The summed E-state index contributed by atoms with van der Waals surface area (Å²) in [5.41, 5.74) is 0.376. The molecule has 1 aromatic heterocycles. The average Bonchev–Trinajstić information content (AvgIpc) is 3.35. The highest BCUT2D eigenvalue weighted by Gasteiger charge is 2.44. The van der Waals surface area contributed by atoms with Gasteiger partial charge in [0.15, 0.2) is 5.78 Å². The smallest absolute Gasteiger partial charge is 0.361 e. The Morgan fingerprint density at radius 2 is 1.61 bits per heavy atom. The number of aromatic nitrogens is 1. The van der Waals surface area contributed by atoms with Crippen molar-refractivity contribution in [1.29, 1.82) is 0 Å². The lowest BCUT2D eigenvalue weighted by atomic mass is 9.87. The molecule has 3 heterocycles. The van der Waals surface area contributed by atoms with Crippen LogP contribution in [0.4, 0.5) is 26.3 Å². The Morgan fingerprint density at radius 1 is 0.909 bits per heavy atom. The quantitative estimate of drug-likeness (QED) is 0.224. The summed E-state index contributed by atoms with van der Waals surface area (Å²) >= 11 is 0. The highest BCUT2D eigenvalue weighted by atomic mass is 35.5. The maximum Gasteiger partial charge on any atom is 0.417 e. The van der Waals surface area contributed by atoms with E-state index in [1.54, 1.807) is 11.2 Å². The molecule has 242 valence electrons. The number of hydrogen-bond donors (Lipinski definition) is 4. The van der Waals surface area contributed by atoms with Crippen molar-refractivity contribution < 1.29 is 35.9 Å². The third kappa shape index (κ3) is 8.03. The van der Waals surface area contributed by atoms with E-state index < -0.39 is 52.8 Å². The average molecular weight is 669 g/mol.